The van der Waals surface area contributed by atoms with Gasteiger partial charge in [0.05, 0.1) is 6.10 Å². The quantitative estimate of drug-likeness (QED) is 0.187. The van der Waals surface area contributed by atoms with E-state index in [-0.39, 0.29) is 29.0 Å². The summed E-state index contributed by atoms with van der Waals surface area (Å²) in [5, 5.41) is 69.5. The minimum Gasteiger partial charge on any atom is -0.508 e. The summed E-state index contributed by atoms with van der Waals surface area (Å²) < 4.78 is 46.0. The number of hydrogen-bond acceptors (Lipinski definition) is 11. The topological polar surface area (TPSA) is 186 Å². The Morgan fingerprint density at radius 1 is 0.895 bits per heavy atom. The fourth-order valence-corrected chi connectivity index (χ4v) is 3.99. The van der Waals surface area contributed by atoms with E-state index in [2.05, 4.69) is 0 Å². The second kappa shape index (κ2) is 9.57. The predicted molar refractivity (Wildman–Crippen MR) is 123 cm³/mol. The number of carbonyl (C=O) groups excluding carboxylic acids is 1. The van der Waals surface area contributed by atoms with Crippen LogP contribution in [0.2, 0.25) is 0 Å². The van der Waals surface area contributed by atoms with Crippen LogP contribution in [0.15, 0.2) is 24.3 Å². The standard InChI is InChI=1S/C25H22F2O11/c1-8(2)36-24-19(27)17(18(26)21(33)22(24)34)25(35)38-16-7-11-12(29)5-10(28)6-15(11)37-23(16)9-3-13(30)20(32)14(31)4-9/h3-6,8,16,23,28-34H,7H2,1-2H3/t16-,23+/m1/s1. The van der Waals surface area contributed by atoms with Crippen molar-refractivity contribution in [2.24, 2.45) is 0 Å². The average Bonchev–Trinajstić information content (AvgIpc) is 2.83. The number of rotatable bonds is 5. The van der Waals surface area contributed by atoms with Crippen LogP contribution in [-0.4, -0.2) is 53.9 Å². The first-order valence-corrected chi connectivity index (χ1v) is 11.1. The second-order valence-electron chi connectivity index (χ2n) is 8.73. The van der Waals surface area contributed by atoms with Gasteiger partial charge in [-0.2, -0.15) is 0 Å². The molecule has 1 heterocycles. The van der Waals surface area contributed by atoms with Crippen molar-refractivity contribution in [2.45, 2.75) is 38.6 Å². The third kappa shape index (κ3) is 4.53. The zero-order chi connectivity index (χ0) is 28.0. The van der Waals surface area contributed by atoms with E-state index in [1.54, 1.807) is 0 Å². The molecule has 0 spiro atoms. The zero-order valence-corrected chi connectivity index (χ0v) is 19.8. The van der Waals surface area contributed by atoms with Gasteiger partial charge in [-0.05, 0) is 26.0 Å². The number of esters is 1. The number of hydrogen-bond donors (Lipinski definition) is 7. The van der Waals surface area contributed by atoms with Crippen LogP contribution in [0, 0.1) is 11.6 Å². The summed E-state index contributed by atoms with van der Waals surface area (Å²) in [5.41, 5.74) is -1.42. The summed E-state index contributed by atoms with van der Waals surface area (Å²) in [6.45, 7) is 2.90. The van der Waals surface area contributed by atoms with Gasteiger partial charge in [0.15, 0.2) is 40.7 Å². The van der Waals surface area contributed by atoms with Crippen molar-refractivity contribution in [3.05, 3.63) is 52.6 Å². The fourth-order valence-electron chi connectivity index (χ4n) is 3.99. The van der Waals surface area contributed by atoms with Crippen LogP contribution in [0.1, 0.15) is 41.4 Å². The van der Waals surface area contributed by atoms with Crippen molar-refractivity contribution in [3.8, 4) is 51.7 Å². The Labute approximate surface area is 212 Å². The third-order valence-corrected chi connectivity index (χ3v) is 5.69. The molecule has 0 bridgehead atoms. The molecule has 3 aromatic carbocycles. The molecule has 2 atom stereocenters. The minimum atomic E-state index is -1.83. The predicted octanol–water partition coefficient (Wildman–Crippen LogP) is 3.59. The molecule has 0 fully saturated rings. The number of benzene rings is 3. The first-order valence-electron chi connectivity index (χ1n) is 11.1. The Hall–Kier alpha value is -4.81. The van der Waals surface area contributed by atoms with Gasteiger partial charge in [0, 0.05) is 29.7 Å². The number of carbonyl (C=O) groups is 1. The van der Waals surface area contributed by atoms with Gasteiger partial charge in [-0.3, -0.25) is 0 Å². The van der Waals surface area contributed by atoms with Gasteiger partial charge >= 0.3 is 5.97 Å². The van der Waals surface area contributed by atoms with E-state index in [0.29, 0.717) is 0 Å². The van der Waals surface area contributed by atoms with E-state index in [9.17, 15) is 44.9 Å². The highest BCUT2D eigenvalue weighted by Crippen LogP contribution is 2.47. The molecule has 13 heteroatoms. The van der Waals surface area contributed by atoms with Gasteiger partial charge in [0.1, 0.15) is 28.9 Å². The van der Waals surface area contributed by atoms with Crippen LogP contribution in [0.5, 0.6) is 51.7 Å². The Morgan fingerprint density at radius 2 is 1.53 bits per heavy atom. The van der Waals surface area contributed by atoms with E-state index in [4.69, 9.17) is 14.2 Å². The van der Waals surface area contributed by atoms with E-state index >= 15 is 4.39 Å². The molecule has 0 radical (unpaired) electrons. The third-order valence-electron chi connectivity index (χ3n) is 5.69. The number of phenolic OH excluding ortho intramolecular Hbond substituents is 7. The summed E-state index contributed by atoms with van der Waals surface area (Å²) in [5.74, 6) is -12.2. The van der Waals surface area contributed by atoms with Crippen molar-refractivity contribution in [1.29, 1.82) is 0 Å². The van der Waals surface area contributed by atoms with Crippen LogP contribution in [0.25, 0.3) is 0 Å². The molecule has 0 aliphatic carbocycles. The molecule has 38 heavy (non-hydrogen) atoms. The Kier molecular flexibility index (Phi) is 6.62. The summed E-state index contributed by atoms with van der Waals surface area (Å²) in [6, 6.07) is 4.05. The maximum atomic E-state index is 15.1. The van der Waals surface area contributed by atoms with E-state index < -0.39 is 81.7 Å². The lowest BCUT2D eigenvalue weighted by molar-refractivity contribution is -0.0197. The fraction of sp³-hybridized carbons (Fsp3) is 0.240. The highest BCUT2D eigenvalue weighted by molar-refractivity contribution is 5.92. The molecular weight excluding hydrogens is 514 g/mol. The van der Waals surface area contributed by atoms with Crippen molar-refractivity contribution in [2.75, 3.05) is 0 Å². The Balaban J connectivity index is 1.80. The number of phenols is 7. The van der Waals surface area contributed by atoms with Gasteiger partial charge < -0.3 is 50.0 Å². The molecular formula is C25H22F2O11. The van der Waals surface area contributed by atoms with Crippen LogP contribution < -0.4 is 9.47 Å². The lowest BCUT2D eigenvalue weighted by atomic mass is 9.93. The second-order valence-corrected chi connectivity index (χ2v) is 8.73. The SMILES string of the molecule is CC(C)Oc1c(O)c(O)c(F)c(C(=O)O[C@@H]2Cc3c(O)cc(O)cc3O[C@H]2c2cc(O)c(O)c(O)c2)c1F. The van der Waals surface area contributed by atoms with Crippen molar-refractivity contribution in [1.82, 2.24) is 0 Å². The molecule has 3 aromatic rings. The van der Waals surface area contributed by atoms with E-state index in [0.717, 1.165) is 24.3 Å². The van der Waals surface area contributed by atoms with Gasteiger partial charge in [-0.25, -0.2) is 13.6 Å². The highest BCUT2D eigenvalue weighted by Gasteiger charge is 2.39. The Morgan fingerprint density at radius 3 is 2.13 bits per heavy atom. The monoisotopic (exact) mass is 536 g/mol. The number of aromatic hydroxyl groups is 7. The normalized spacial score (nSPS) is 16.6. The van der Waals surface area contributed by atoms with Crippen molar-refractivity contribution in [3.63, 3.8) is 0 Å². The molecule has 11 nitrogen and oxygen atoms in total. The number of halogens is 2. The van der Waals surface area contributed by atoms with Crippen molar-refractivity contribution >= 4 is 5.97 Å². The zero-order valence-electron chi connectivity index (χ0n) is 19.8. The van der Waals surface area contributed by atoms with Crippen molar-refractivity contribution < 1.29 is 63.5 Å². The summed E-state index contributed by atoms with van der Waals surface area (Å²) in [6.07, 6.45) is -3.99. The van der Waals surface area contributed by atoms with Crippen LogP contribution in [0.3, 0.4) is 0 Å². The largest absolute Gasteiger partial charge is 0.508 e. The van der Waals surface area contributed by atoms with Gasteiger partial charge in [0.25, 0.3) is 0 Å². The van der Waals surface area contributed by atoms with Crippen LogP contribution in [-0.2, 0) is 11.2 Å². The summed E-state index contributed by atoms with van der Waals surface area (Å²) >= 11 is 0. The summed E-state index contributed by atoms with van der Waals surface area (Å²) in [4.78, 5) is 13.0. The molecule has 4 rings (SSSR count). The molecule has 0 unspecified atom stereocenters. The molecule has 0 amide bonds. The molecule has 0 aromatic heterocycles. The number of fused-ring (bicyclic) bond motifs is 1. The average molecular weight is 536 g/mol. The van der Waals surface area contributed by atoms with E-state index in [1.165, 1.54) is 13.8 Å². The van der Waals surface area contributed by atoms with Gasteiger partial charge in [-0.1, -0.05) is 0 Å². The first kappa shape index (κ1) is 26.3. The van der Waals surface area contributed by atoms with Gasteiger partial charge in [-0.15, -0.1) is 0 Å². The molecule has 1 aliphatic rings. The smallest absolute Gasteiger partial charge is 0.344 e. The molecule has 0 saturated carbocycles. The molecule has 7 N–H and O–H groups in total. The first-order chi connectivity index (χ1) is 17.8. The molecule has 202 valence electrons. The lowest BCUT2D eigenvalue weighted by Crippen LogP contribution is -2.35. The highest BCUT2D eigenvalue weighted by atomic mass is 19.1. The number of ether oxygens (including phenoxy) is 3. The maximum absolute atomic E-state index is 15.1. The van der Waals surface area contributed by atoms with E-state index in [1.807, 2.05) is 0 Å². The molecule has 1 aliphatic heterocycles. The Bertz CT molecular complexity index is 1410. The van der Waals surface area contributed by atoms with Crippen LogP contribution in [0.4, 0.5) is 8.78 Å². The van der Waals surface area contributed by atoms with Crippen LogP contribution >= 0.6 is 0 Å². The minimum absolute atomic E-state index is 0.0439. The lowest BCUT2D eigenvalue weighted by Gasteiger charge is -2.34. The molecule has 0 saturated heterocycles. The maximum Gasteiger partial charge on any atom is 0.344 e. The summed E-state index contributed by atoms with van der Waals surface area (Å²) in [7, 11) is 0. The van der Waals surface area contributed by atoms with Gasteiger partial charge in [0.2, 0.25) is 11.5 Å².